The molecule has 5 aromatic rings. The van der Waals surface area contributed by atoms with Crippen LogP contribution in [-0.2, 0) is 27.6 Å². The maximum Gasteiger partial charge on any atom is 0.266 e. The van der Waals surface area contributed by atoms with Gasteiger partial charge in [0.15, 0.2) is 0 Å². The Kier molecular flexibility index (Phi) is 10.9. The molecule has 0 bridgehead atoms. The fraction of sp³-hybridized carbons (Fsp3) is 0.205. The van der Waals surface area contributed by atoms with Crippen LogP contribution >= 0.6 is 22.9 Å². The molecule has 14 nitrogen and oxygen atoms in total. The van der Waals surface area contributed by atoms with E-state index in [9.17, 15) is 33.6 Å². The van der Waals surface area contributed by atoms with E-state index in [0.717, 1.165) is 36.1 Å². The van der Waals surface area contributed by atoms with E-state index in [1.165, 1.54) is 17.4 Å². The summed E-state index contributed by atoms with van der Waals surface area (Å²) in [7, 11) is 1.59. The van der Waals surface area contributed by atoms with Gasteiger partial charge in [-0.2, -0.15) is 0 Å². The van der Waals surface area contributed by atoms with E-state index in [1.54, 1.807) is 37.4 Å². The van der Waals surface area contributed by atoms with Crippen LogP contribution in [0.4, 0.5) is 0 Å². The normalized spacial score (nSPS) is 18.5. The van der Waals surface area contributed by atoms with Crippen molar-refractivity contribution < 1.29 is 47.8 Å². The number of carbonyl (C=O) groups is 7. The number of benzene rings is 4. The van der Waals surface area contributed by atoms with Crippen molar-refractivity contribution in [2.24, 2.45) is 0 Å². The minimum absolute atomic E-state index is 0.0671. The van der Waals surface area contributed by atoms with Crippen molar-refractivity contribution in [3.05, 3.63) is 135 Å². The third-order valence-electron chi connectivity index (χ3n) is 10.5. The predicted octanol–water partition coefficient (Wildman–Crippen LogP) is 6.20. The van der Waals surface area contributed by atoms with Gasteiger partial charge in [-0.05, 0) is 67.3 Å². The van der Waals surface area contributed by atoms with Crippen molar-refractivity contribution in [3.8, 4) is 17.2 Å². The average molecular weight is 847 g/mol. The lowest BCUT2D eigenvalue weighted by Crippen LogP contribution is -2.54. The summed E-state index contributed by atoms with van der Waals surface area (Å²) in [6.07, 6.45) is 1.05. The molecular weight excluding hydrogens is 812 g/mol. The Morgan fingerprint density at radius 3 is 1.82 bits per heavy atom. The monoisotopic (exact) mass is 846 g/mol. The molecule has 2 unspecified atom stereocenters. The van der Waals surface area contributed by atoms with Crippen LogP contribution in [0.5, 0.6) is 17.2 Å². The zero-order chi connectivity index (χ0) is 42.2. The lowest BCUT2D eigenvalue weighted by Gasteiger charge is -2.29. The predicted molar refractivity (Wildman–Crippen MR) is 219 cm³/mol. The number of nitrogens with zero attached hydrogens (tertiary/aromatic N) is 2. The number of imide groups is 3. The molecule has 2 saturated heterocycles. The maximum atomic E-state index is 13.1. The lowest BCUT2D eigenvalue weighted by molar-refractivity contribution is -0.136. The quantitative estimate of drug-likeness (QED) is 0.163. The highest BCUT2D eigenvalue weighted by Gasteiger charge is 2.47. The summed E-state index contributed by atoms with van der Waals surface area (Å²) in [6.45, 7) is 4.09. The molecule has 16 heteroatoms. The first kappa shape index (κ1) is 40.0. The standard InChI is InChI=1S/C22H15ClN2O5S.C22H20N2O5/c23-19-11-4-1-2-7-15(11)31-16(19)10-30-14-6-3-5-12-18(14)22(29)25(21(12)28)13-8-9-17(26)24-20(13)27;1-13-6-11-17(20(25)23-13)24-21(26)16-4-3-5-18(19(16)22(24)27)29-12-14-7-9-15(28-2)10-8-14/h1-7,13H,8-10H2,(H,24,26,27);3-5,7-10,17H,1,6,11-12H2,2H3,(H,23,25). The fourth-order valence-corrected chi connectivity index (χ4v) is 8.87. The van der Waals surface area contributed by atoms with Crippen LogP contribution in [0.3, 0.4) is 0 Å². The van der Waals surface area contributed by atoms with Gasteiger partial charge in [0, 0.05) is 22.2 Å². The minimum Gasteiger partial charge on any atom is -0.497 e. The van der Waals surface area contributed by atoms with Crippen LogP contribution in [0.2, 0.25) is 5.02 Å². The number of nitrogens with one attached hydrogen (secondary N) is 2. The molecule has 9 rings (SSSR count). The molecule has 4 aliphatic heterocycles. The topological polar surface area (TPSA) is 178 Å². The number of methoxy groups -OCH3 is 1. The molecule has 60 heavy (non-hydrogen) atoms. The largest absolute Gasteiger partial charge is 0.497 e. The summed E-state index contributed by atoms with van der Waals surface area (Å²) in [5.41, 5.74) is 2.22. The summed E-state index contributed by atoms with van der Waals surface area (Å²) < 4.78 is 17.9. The smallest absolute Gasteiger partial charge is 0.266 e. The van der Waals surface area contributed by atoms with E-state index in [2.05, 4.69) is 17.2 Å². The fourth-order valence-electron chi connectivity index (χ4n) is 7.47. The van der Waals surface area contributed by atoms with E-state index in [-0.39, 0.29) is 54.1 Å². The second-order valence-electron chi connectivity index (χ2n) is 14.2. The maximum absolute atomic E-state index is 13.1. The van der Waals surface area contributed by atoms with E-state index in [1.807, 2.05) is 48.5 Å². The average Bonchev–Trinajstić information content (AvgIpc) is 3.81. The van der Waals surface area contributed by atoms with Crippen LogP contribution in [-0.4, -0.2) is 70.3 Å². The van der Waals surface area contributed by atoms with Crippen molar-refractivity contribution in [3.63, 3.8) is 0 Å². The van der Waals surface area contributed by atoms with Crippen molar-refractivity contribution >= 4 is 74.4 Å². The van der Waals surface area contributed by atoms with Gasteiger partial charge in [-0.1, -0.05) is 60.6 Å². The Labute approximate surface area is 351 Å². The number of thiophene rings is 1. The Bertz CT molecular complexity index is 2660. The lowest BCUT2D eigenvalue weighted by atomic mass is 10.0. The summed E-state index contributed by atoms with van der Waals surface area (Å²) in [4.78, 5) is 90.7. The number of carbonyl (C=O) groups excluding carboxylic acids is 7. The van der Waals surface area contributed by atoms with Gasteiger partial charge in [0.1, 0.15) is 42.5 Å². The van der Waals surface area contributed by atoms with Crippen LogP contribution in [0, 0.1) is 0 Å². The van der Waals surface area contributed by atoms with Crippen LogP contribution in [0.1, 0.15) is 77.6 Å². The summed E-state index contributed by atoms with van der Waals surface area (Å²) in [6, 6.07) is 22.9. The summed E-state index contributed by atoms with van der Waals surface area (Å²) in [5, 5.41) is 6.34. The number of halogens is 1. The minimum atomic E-state index is -1.02. The highest BCUT2D eigenvalue weighted by Crippen LogP contribution is 2.39. The van der Waals surface area contributed by atoms with Gasteiger partial charge < -0.3 is 19.5 Å². The Balaban J connectivity index is 0.000000167. The zero-order valence-electron chi connectivity index (χ0n) is 32.0. The van der Waals surface area contributed by atoms with E-state index in [4.69, 9.17) is 25.8 Å². The summed E-state index contributed by atoms with van der Waals surface area (Å²) >= 11 is 7.97. The molecule has 2 fully saturated rings. The van der Waals surface area contributed by atoms with Gasteiger partial charge in [-0.25, -0.2) is 0 Å². The van der Waals surface area contributed by atoms with Gasteiger partial charge >= 0.3 is 0 Å². The number of hydrogen-bond donors (Lipinski definition) is 2. The number of piperidine rings is 2. The molecule has 5 heterocycles. The molecule has 2 N–H and O–H groups in total. The SMILES string of the molecule is C=C1CCC(N2C(=O)c3cccc(OCc4ccc(OC)cc4)c3C2=O)C(=O)N1.O=C1CCC(N2C(=O)c3cccc(OCc4sc5ccccc5c4Cl)c3C2=O)C(=O)N1. The van der Waals surface area contributed by atoms with Gasteiger partial charge in [0.2, 0.25) is 17.7 Å². The van der Waals surface area contributed by atoms with Crippen LogP contribution in [0.15, 0.2) is 97.2 Å². The van der Waals surface area contributed by atoms with Crippen LogP contribution in [0.25, 0.3) is 10.1 Å². The molecular formula is C44H35ClN4O10S. The number of allylic oxidation sites excluding steroid dienone is 1. The molecule has 0 saturated carbocycles. The number of fused-ring (bicyclic) bond motifs is 3. The number of amides is 7. The third-order valence-corrected chi connectivity index (χ3v) is 12.2. The second-order valence-corrected chi connectivity index (χ2v) is 15.7. The Hall–Kier alpha value is -6.84. The highest BCUT2D eigenvalue weighted by molar-refractivity contribution is 7.19. The first-order valence-electron chi connectivity index (χ1n) is 18.8. The molecule has 1 aromatic heterocycles. The van der Waals surface area contributed by atoms with Crippen molar-refractivity contribution in [2.45, 2.75) is 51.0 Å². The van der Waals surface area contributed by atoms with Gasteiger partial charge in [0.05, 0.1) is 39.3 Å². The molecule has 0 spiro atoms. The molecule has 4 aromatic carbocycles. The van der Waals surface area contributed by atoms with Crippen molar-refractivity contribution in [2.75, 3.05) is 7.11 Å². The van der Waals surface area contributed by atoms with E-state index >= 15 is 0 Å². The first-order chi connectivity index (χ1) is 28.9. The van der Waals surface area contributed by atoms with Crippen molar-refractivity contribution in [1.29, 1.82) is 0 Å². The number of ether oxygens (including phenoxy) is 3. The Morgan fingerprint density at radius 2 is 1.25 bits per heavy atom. The van der Waals surface area contributed by atoms with Gasteiger partial charge in [0.25, 0.3) is 23.6 Å². The van der Waals surface area contributed by atoms with Crippen LogP contribution < -0.4 is 24.8 Å². The molecule has 0 aliphatic carbocycles. The van der Waals surface area contributed by atoms with Gasteiger partial charge in [-0.15, -0.1) is 11.3 Å². The number of hydrogen-bond acceptors (Lipinski definition) is 11. The molecule has 2 atom stereocenters. The summed E-state index contributed by atoms with van der Waals surface area (Å²) in [5.74, 6) is -2.31. The third kappa shape index (κ3) is 7.37. The van der Waals surface area contributed by atoms with Crippen molar-refractivity contribution in [1.82, 2.24) is 20.4 Å². The highest BCUT2D eigenvalue weighted by atomic mass is 35.5. The molecule has 7 amide bonds. The number of rotatable bonds is 9. The second kappa shape index (κ2) is 16.4. The molecule has 304 valence electrons. The van der Waals surface area contributed by atoms with E-state index in [0.29, 0.717) is 29.3 Å². The molecule has 0 radical (unpaired) electrons. The first-order valence-corrected chi connectivity index (χ1v) is 20.0. The molecule has 4 aliphatic rings. The van der Waals surface area contributed by atoms with Gasteiger partial charge in [-0.3, -0.25) is 48.7 Å². The Morgan fingerprint density at radius 1 is 0.683 bits per heavy atom. The zero-order valence-corrected chi connectivity index (χ0v) is 33.5. The van der Waals surface area contributed by atoms with E-state index < -0.39 is 53.4 Å².